The van der Waals surface area contributed by atoms with Gasteiger partial charge in [0.15, 0.2) is 5.82 Å². The Balaban J connectivity index is 1.78. The molecule has 0 saturated carbocycles. The Bertz CT molecular complexity index is 773. The summed E-state index contributed by atoms with van der Waals surface area (Å²) in [4.78, 5) is 37.5. The summed E-state index contributed by atoms with van der Waals surface area (Å²) >= 11 is 0. The van der Waals surface area contributed by atoms with E-state index in [1.165, 1.54) is 11.9 Å². The van der Waals surface area contributed by atoms with Gasteiger partial charge in [-0.3, -0.25) is 14.4 Å². The van der Waals surface area contributed by atoms with Crippen molar-refractivity contribution in [1.82, 2.24) is 15.4 Å². The van der Waals surface area contributed by atoms with Crippen molar-refractivity contribution in [2.75, 3.05) is 18.9 Å². The highest BCUT2D eigenvalue weighted by Gasteiger charge is 2.18. The number of hydrogen-bond donors (Lipinski definition) is 2. The molecule has 0 aliphatic carbocycles. The Morgan fingerprint density at radius 3 is 2.54 bits per heavy atom. The van der Waals surface area contributed by atoms with Crippen LogP contribution in [-0.2, 0) is 9.59 Å². The van der Waals surface area contributed by atoms with E-state index >= 15 is 0 Å². The molecule has 0 bridgehead atoms. The van der Waals surface area contributed by atoms with Crippen LogP contribution >= 0.6 is 0 Å². The molecule has 0 spiro atoms. The van der Waals surface area contributed by atoms with Crippen molar-refractivity contribution in [3.05, 3.63) is 47.7 Å². The number of anilines is 1. The van der Waals surface area contributed by atoms with Gasteiger partial charge in [0.2, 0.25) is 11.8 Å². The van der Waals surface area contributed by atoms with E-state index in [0.717, 1.165) is 0 Å². The van der Waals surface area contributed by atoms with Crippen LogP contribution < -0.4 is 10.6 Å². The summed E-state index contributed by atoms with van der Waals surface area (Å²) in [7, 11) is 1.53. The minimum absolute atomic E-state index is 0.0887. The fraction of sp³-hybridized carbons (Fsp3) is 0.333. The lowest BCUT2D eigenvalue weighted by Gasteiger charge is -2.19. The Morgan fingerprint density at radius 1 is 1.23 bits per heavy atom. The third-order valence-electron chi connectivity index (χ3n) is 3.60. The van der Waals surface area contributed by atoms with E-state index < -0.39 is 0 Å². The minimum atomic E-state index is -0.380. The second kappa shape index (κ2) is 8.80. The fourth-order valence-electron chi connectivity index (χ4n) is 2.28. The average Bonchev–Trinajstić information content (AvgIpc) is 2.99. The summed E-state index contributed by atoms with van der Waals surface area (Å²) in [5.74, 6) is 0.00437. The highest BCUT2D eigenvalue weighted by Crippen LogP contribution is 2.07. The number of carbonyl (C=O) groups is 3. The highest BCUT2D eigenvalue weighted by atomic mass is 16.5. The number of rotatable bonds is 7. The van der Waals surface area contributed by atoms with Crippen molar-refractivity contribution in [2.24, 2.45) is 0 Å². The quantitative estimate of drug-likeness (QED) is 0.782. The smallest absolute Gasteiger partial charge is 0.251 e. The molecule has 2 aromatic rings. The molecule has 1 atom stereocenters. The minimum Gasteiger partial charge on any atom is -0.360 e. The molecule has 8 heteroatoms. The molecule has 0 aliphatic heterocycles. The molecular formula is C18H22N4O4. The lowest BCUT2D eigenvalue weighted by atomic mass is 10.1. The molecule has 0 fully saturated rings. The summed E-state index contributed by atoms with van der Waals surface area (Å²) in [5, 5.41) is 8.98. The molecule has 8 nitrogen and oxygen atoms in total. The number of likely N-dealkylation sites (N-methyl/N-ethyl adjacent to an activating group) is 1. The van der Waals surface area contributed by atoms with Crippen LogP contribution in [-0.4, -0.2) is 47.4 Å². The van der Waals surface area contributed by atoms with Gasteiger partial charge in [0.05, 0.1) is 6.54 Å². The molecule has 0 saturated heterocycles. The lowest BCUT2D eigenvalue weighted by Crippen LogP contribution is -2.40. The lowest BCUT2D eigenvalue weighted by molar-refractivity contribution is -0.133. The van der Waals surface area contributed by atoms with E-state index in [1.54, 1.807) is 44.2 Å². The Kier molecular flexibility index (Phi) is 6.48. The second-order valence-corrected chi connectivity index (χ2v) is 6.07. The maximum atomic E-state index is 12.2. The number of aryl methyl sites for hydroxylation is 1. The molecule has 26 heavy (non-hydrogen) atoms. The van der Waals surface area contributed by atoms with E-state index in [9.17, 15) is 14.4 Å². The molecule has 1 aromatic heterocycles. The molecule has 138 valence electrons. The maximum absolute atomic E-state index is 12.2. The Morgan fingerprint density at radius 2 is 1.92 bits per heavy atom. The summed E-state index contributed by atoms with van der Waals surface area (Å²) < 4.78 is 4.86. The molecule has 3 amide bonds. The Labute approximate surface area is 151 Å². The van der Waals surface area contributed by atoms with Gasteiger partial charge in [0.1, 0.15) is 5.76 Å². The van der Waals surface area contributed by atoms with Gasteiger partial charge in [0, 0.05) is 31.1 Å². The number of amides is 3. The van der Waals surface area contributed by atoms with Gasteiger partial charge < -0.3 is 20.1 Å². The van der Waals surface area contributed by atoms with Gasteiger partial charge in [-0.25, -0.2) is 0 Å². The van der Waals surface area contributed by atoms with Gasteiger partial charge in [-0.15, -0.1) is 0 Å². The second-order valence-electron chi connectivity index (χ2n) is 6.07. The van der Waals surface area contributed by atoms with Gasteiger partial charge >= 0.3 is 0 Å². The summed E-state index contributed by atoms with van der Waals surface area (Å²) in [6.07, 6.45) is 0.0887. The van der Waals surface area contributed by atoms with Gasteiger partial charge in [-0.2, -0.15) is 0 Å². The molecule has 2 N–H and O–H groups in total. The van der Waals surface area contributed by atoms with E-state index in [-0.39, 0.29) is 36.7 Å². The van der Waals surface area contributed by atoms with Gasteiger partial charge in [-0.1, -0.05) is 23.4 Å². The molecule has 2 rings (SSSR count). The third-order valence-corrected chi connectivity index (χ3v) is 3.60. The van der Waals surface area contributed by atoms with Crippen molar-refractivity contribution in [2.45, 2.75) is 26.3 Å². The van der Waals surface area contributed by atoms with Crippen LogP contribution in [0.1, 0.15) is 29.5 Å². The van der Waals surface area contributed by atoms with Crippen LogP contribution in [0.3, 0.4) is 0 Å². The van der Waals surface area contributed by atoms with Gasteiger partial charge in [0.25, 0.3) is 5.91 Å². The molecule has 1 aromatic carbocycles. The summed E-state index contributed by atoms with van der Waals surface area (Å²) in [6, 6.07) is 9.99. The zero-order chi connectivity index (χ0) is 19.1. The fourth-order valence-corrected chi connectivity index (χ4v) is 2.28. The van der Waals surface area contributed by atoms with Crippen molar-refractivity contribution in [3.8, 4) is 0 Å². The number of nitrogens with zero attached hydrogens (tertiary/aromatic N) is 2. The van der Waals surface area contributed by atoms with E-state index in [1.807, 2.05) is 6.07 Å². The van der Waals surface area contributed by atoms with Crippen LogP contribution in [0.2, 0.25) is 0 Å². The van der Waals surface area contributed by atoms with Gasteiger partial charge in [-0.05, 0) is 26.0 Å². The van der Waals surface area contributed by atoms with Crippen LogP contribution in [0, 0.1) is 6.92 Å². The van der Waals surface area contributed by atoms with Crippen LogP contribution in [0.15, 0.2) is 40.9 Å². The third kappa shape index (κ3) is 5.73. The summed E-state index contributed by atoms with van der Waals surface area (Å²) in [5.41, 5.74) is 0.530. The van der Waals surface area contributed by atoms with E-state index in [0.29, 0.717) is 17.1 Å². The monoisotopic (exact) mass is 358 g/mol. The highest BCUT2D eigenvalue weighted by molar-refractivity contribution is 5.95. The number of aromatic nitrogens is 1. The molecule has 0 aliphatic rings. The Hall–Kier alpha value is -3.16. The number of nitrogens with one attached hydrogen (secondary N) is 2. The van der Waals surface area contributed by atoms with Crippen molar-refractivity contribution < 1.29 is 18.9 Å². The first-order valence-electron chi connectivity index (χ1n) is 8.18. The predicted octanol–water partition coefficient (Wildman–Crippen LogP) is 1.59. The van der Waals surface area contributed by atoms with Crippen molar-refractivity contribution in [1.29, 1.82) is 0 Å². The van der Waals surface area contributed by atoms with Crippen LogP contribution in [0.25, 0.3) is 0 Å². The number of hydrogen-bond acceptors (Lipinski definition) is 5. The van der Waals surface area contributed by atoms with Crippen molar-refractivity contribution in [3.63, 3.8) is 0 Å². The average molecular weight is 358 g/mol. The molecule has 1 heterocycles. The predicted molar refractivity (Wildman–Crippen MR) is 95.5 cm³/mol. The largest absolute Gasteiger partial charge is 0.360 e. The maximum Gasteiger partial charge on any atom is 0.251 e. The van der Waals surface area contributed by atoms with Crippen LogP contribution in [0.4, 0.5) is 5.82 Å². The number of carbonyl (C=O) groups excluding carboxylic acids is 3. The first-order valence-corrected chi connectivity index (χ1v) is 8.18. The molecule has 1 unspecified atom stereocenters. The van der Waals surface area contributed by atoms with E-state index in [2.05, 4.69) is 15.8 Å². The summed E-state index contributed by atoms with van der Waals surface area (Å²) in [6.45, 7) is 3.33. The zero-order valence-electron chi connectivity index (χ0n) is 15.0. The topological polar surface area (TPSA) is 105 Å². The zero-order valence-corrected chi connectivity index (χ0v) is 15.0. The standard InChI is InChI=1S/C18H22N4O4/c1-12(19-18(25)14-7-5-4-6-8-14)9-17(24)22(3)11-16(23)20-15-10-13(2)26-21-15/h4-8,10,12H,9,11H2,1-3H3,(H,19,25)(H,20,21,23). The number of benzene rings is 1. The first-order chi connectivity index (χ1) is 12.3. The SMILES string of the molecule is Cc1cc(NC(=O)CN(C)C(=O)CC(C)NC(=O)c2ccccc2)no1. The van der Waals surface area contributed by atoms with E-state index in [4.69, 9.17) is 4.52 Å². The van der Waals surface area contributed by atoms with Crippen LogP contribution in [0.5, 0.6) is 0 Å². The molecular weight excluding hydrogens is 336 g/mol. The molecule has 0 radical (unpaired) electrons. The van der Waals surface area contributed by atoms with Crippen molar-refractivity contribution >= 4 is 23.5 Å². The normalized spacial score (nSPS) is 11.5. The first kappa shape index (κ1) is 19.2.